The number of hydrogen-bond donors (Lipinski definition) is 0. The van der Waals surface area contributed by atoms with Crippen LogP contribution in [-0.2, 0) is 14.3 Å². The number of ketones is 1. The molecular formula is C28H40N4O4. The van der Waals surface area contributed by atoms with Crippen LogP contribution < -0.4 is 4.90 Å². The highest BCUT2D eigenvalue weighted by molar-refractivity contribution is 5.96. The predicted molar refractivity (Wildman–Crippen MR) is 138 cm³/mol. The fourth-order valence-electron chi connectivity index (χ4n) is 4.97. The van der Waals surface area contributed by atoms with Crippen LogP contribution in [0.2, 0.25) is 0 Å². The van der Waals surface area contributed by atoms with Gasteiger partial charge in [0.2, 0.25) is 5.91 Å². The van der Waals surface area contributed by atoms with Crippen LogP contribution in [0.3, 0.4) is 0 Å². The topological polar surface area (TPSA) is 88.8 Å². The van der Waals surface area contributed by atoms with Crippen LogP contribution in [0.5, 0.6) is 0 Å². The monoisotopic (exact) mass is 496 g/mol. The van der Waals surface area contributed by atoms with E-state index in [1.165, 1.54) is 5.57 Å². The second kappa shape index (κ2) is 11.9. The molecule has 2 atom stereocenters. The van der Waals surface area contributed by atoms with E-state index in [4.69, 9.17) is 9.26 Å². The number of rotatable bonds is 9. The molecule has 2 fully saturated rings. The highest BCUT2D eigenvalue weighted by Gasteiger charge is 2.33. The molecule has 0 saturated carbocycles. The molecule has 4 rings (SSSR count). The Morgan fingerprint density at radius 3 is 2.56 bits per heavy atom. The van der Waals surface area contributed by atoms with Crippen molar-refractivity contribution in [2.75, 3.05) is 37.7 Å². The molecule has 0 N–H and O–H groups in total. The number of amides is 1. The van der Waals surface area contributed by atoms with Crippen molar-refractivity contribution < 1.29 is 18.8 Å². The minimum absolute atomic E-state index is 0.0240. The van der Waals surface area contributed by atoms with E-state index < -0.39 is 0 Å². The highest BCUT2D eigenvalue weighted by Crippen LogP contribution is 2.31. The Morgan fingerprint density at radius 1 is 1.22 bits per heavy atom. The van der Waals surface area contributed by atoms with E-state index in [2.05, 4.69) is 54.0 Å². The minimum atomic E-state index is 0.0240. The van der Waals surface area contributed by atoms with Crippen LogP contribution in [0.25, 0.3) is 0 Å². The van der Waals surface area contributed by atoms with Gasteiger partial charge in [-0.3, -0.25) is 9.59 Å². The molecule has 1 amide bonds. The molecule has 2 saturated heterocycles. The van der Waals surface area contributed by atoms with Gasteiger partial charge in [0, 0.05) is 24.9 Å². The fourth-order valence-corrected chi connectivity index (χ4v) is 4.97. The molecule has 2 aliphatic heterocycles. The van der Waals surface area contributed by atoms with Gasteiger partial charge < -0.3 is 19.1 Å². The number of piperidine rings is 1. The summed E-state index contributed by atoms with van der Waals surface area (Å²) in [5, 5.41) is 4.08. The largest absolute Gasteiger partial charge is 0.494 e. The Morgan fingerprint density at radius 2 is 1.97 bits per heavy atom. The summed E-state index contributed by atoms with van der Waals surface area (Å²) in [6.45, 7) is 11.4. The molecule has 1 aromatic rings. The van der Waals surface area contributed by atoms with Gasteiger partial charge in [-0.15, -0.1) is 0 Å². The van der Waals surface area contributed by atoms with E-state index >= 15 is 0 Å². The average molecular weight is 497 g/mol. The smallest absolute Gasteiger partial charge is 0.324 e. The molecule has 3 heterocycles. The van der Waals surface area contributed by atoms with Crippen molar-refractivity contribution in [3.63, 3.8) is 0 Å². The lowest BCUT2D eigenvalue weighted by atomic mass is 9.83. The zero-order valence-electron chi connectivity index (χ0n) is 22.1. The molecule has 0 bridgehead atoms. The molecule has 8 nitrogen and oxygen atoms in total. The lowest BCUT2D eigenvalue weighted by Gasteiger charge is -2.34. The zero-order valence-corrected chi connectivity index (χ0v) is 22.1. The molecule has 0 spiro atoms. The van der Waals surface area contributed by atoms with Crippen molar-refractivity contribution in [2.45, 2.75) is 65.7 Å². The molecule has 0 radical (unpaired) electrons. The van der Waals surface area contributed by atoms with Gasteiger partial charge in [-0.2, -0.15) is 4.98 Å². The Balaban J connectivity index is 1.19. The molecule has 196 valence electrons. The third-order valence-corrected chi connectivity index (χ3v) is 7.58. The van der Waals surface area contributed by atoms with Gasteiger partial charge in [-0.05, 0) is 63.0 Å². The summed E-state index contributed by atoms with van der Waals surface area (Å²) in [6, 6.07) is 0.632. The van der Waals surface area contributed by atoms with Crippen LogP contribution in [0, 0.1) is 17.8 Å². The first-order valence-electron chi connectivity index (χ1n) is 13.4. The second-order valence-corrected chi connectivity index (χ2v) is 10.7. The summed E-state index contributed by atoms with van der Waals surface area (Å²) in [7, 11) is 0. The Bertz CT molecular complexity index is 1010. The first-order chi connectivity index (χ1) is 17.3. The number of carbonyl (C=O) groups is 2. The number of anilines is 1. The van der Waals surface area contributed by atoms with Crippen LogP contribution in [0.15, 0.2) is 40.2 Å². The van der Waals surface area contributed by atoms with Crippen molar-refractivity contribution in [2.24, 2.45) is 17.8 Å². The third kappa shape index (κ3) is 6.45. The van der Waals surface area contributed by atoms with Gasteiger partial charge in [-0.1, -0.05) is 43.7 Å². The summed E-state index contributed by atoms with van der Waals surface area (Å²) in [6.07, 6.45) is 13.1. The van der Waals surface area contributed by atoms with Gasteiger partial charge in [-0.25, -0.2) is 0 Å². The van der Waals surface area contributed by atoms with Crippen LogP contribution in [-0.4, -0.2) is 59.5 Å². The number of carbonyl (C=O) groups excluding carboxylic acids is 2. The van der Waals surface area contributed by atoms with Crippen molar-refractivity contribution in [1.29, 1.82) is 0 Å². The maximum Gasteiger partial charge on any atom is 0.324 e. The first-order valence-corrected chi connectivity index (χ1v) is 13.4. The van der Waals surface area contributed by atoms with Gasteiger partial charge in [0.1, 0.15) is 5.76 Å². The van der Waals surface area contributed by atoms with E-state index in [0.717, 1.165) is 56.8 Å². The molecule has 3 aliphatic rings. The number of nitrogens with zero attached hydrogens (tertiary/aromatic N) is 4. The highest BCUT2D eigenvalue weighted by atomic mass is 16.5. The standard InChI is InChI=1S/C28H40N4O4/c1-5-25(35-18-21-12-14-31(15-13-21)28-29-26(19(2)3)30-36-28)11-6-20(4)22-7-9-23(10-8-22)27(34)32-16-24(33)17-32/h5-7,11,19-21,23H,8-10,12-18H2,1-4H3. The summed E-state index contributed by atoms with van der Waals surface area (Å²) in [5.74, 6) is 3.06. The first kappa shape index (κ1) is 26.2. The fraction of sp³-hybridized carbons (Fsp3) is 0.643. The number of ether oxygens (including phenoxy) is 1. The molecule has 1 aromatic heterocycles. The number of hydrogen-bond acceptors (Lipinski definition) is 7. The van der Waals surface area contributed by atoms with Crippen molar-refractivity contribution in [3.05, 3.63) is 41.5 Å². The molecular weight excluding hydrogens is 456 g/mol. The lowest BCUT2D eigenvalue weighted by molar-refractivity contribution is -0.148. The van der Waals surface area contributed by atoms with E-state index in [1.807, 2.05) is 13.0 Å². The summed E-state index contributed by atoms with van der Waals surface area (Å²) >= 11 is 0. The minimum Gasteiger partial charge on any atom is -0.494 e. The summed E-state index contributed by atoms with van der Waals surface area (Å²) in [5.41, 5.74) is 1.37. The normalized spacial score (nSPS) is 22.7. The molecule has 36 heavy (non-hydrogen) atoms. The number of Topliss-reactive ketones (excluding diaryl/α,β-unsaturated/α-hetero) is 1. The molecule has 0 aromatic carbocycles. The lowest BCUT2D eigenvalue weighted by Crippen LogP contribution is -2.52. The SMILES string of the molecule is CC=C(C=CC(C)C1=CCC(C(=O)N2CC(=O)C2)CC1)OCC1CCN(c2nc(C(C)C)no2)CC1. The maximum atomic E-state index is 12.5. The summed E-state index contributed by atoms with van der Waals surface area (Å²) < 4.78 is 11.6. The zero-order chi connectivity index (χ0) is 25.7. The summed E-state index contributed by atoms with van der Waals surface area (Å²) in [4.78, 5) is 32.0. The molecule has 8 heteroatoms. The maximum absolute atomic E-state index is 12.5. The Hall–Kier alpha value is -2.90. The number of allylic oxidation sites excluding steroid dienone is 5. The van der Waals surface area contributed by atoms with Crippen LogP contribution >= 0.6 is 0 Å². The predicted octanol–water partition coefficient (Wildman–Crippen LogP) is 4.66. The van der Waals surface area contributed by atoms with Crippen molar-refractivity contribution in [3.8, 4) is 0 Å². The van der Waals surface area contributed by atoms with Crippen molar-refractivity contribution >= 4 is 17.7 Å². The van der Waals surface area contributed by atoms with Gasteiger partial charge in [0.05, 0.1) is 19.7 Å². The third-order valence-electron chi connectivity index (χ3n) is 7.58. The number of likely N-dealkylation sites (tertiary alicyclic amines) is 1. The second-order valence-electron chi connectivity index (χ2n) is 10.7. The number of aromatic nitrogens is 2. The van der Waals surface area contributed by atoms with Gasteiger partial charge in [0.25, 0.3) is 0 Å². The van der Waals surface area contributed by atoms with E-state index in [0.29, 0.717) is 37.5 Å². The molecule has 1 aliphatic carbocycles. The van der Waals surface area contributed by atoms with Crippen LogP contribution in [0.1, 0.15) is 71.5 Å². The quantitative estimate of drug-likeness (QED) is 0.279. The van der Waals surface area contributed by atoms with E-state index in [-0.39, 0.29) is 23.5 Å². The van der Waals surface area contributed by atoms with E-state index in [9.17, 15) is 9.59 Å². The van der Waals surface area contributed by atoms with Crippen LogP contribution in [0.4, 0.5) is 6.01 Å². The molecule has 2 unspecified atom stereocenters. The van der Waals surface area contributed by atoms with Gasteiger partial charge in [0.15, 0.2) is 11.6 Å². The van der Waals surface area contributed by atoms with Crippen molar-refractivity contribution in [1.82, 2.24) is 15.0 Å². The Kier molecular flexibility index (Phi) is 8.64. The van der Waals surface area contributed by atoms with E-state index in [1.54, 1.807) is 4.90 Å². The Labute approximate surface area is 214 Å². The van der Waals surface area contributed by atoms with Gasteiger partial charge >= 0.3 is 6.01 Å². The average Bonchev–Trinajstić information content (AvgIpc) is 3.38.